The van der Waals surface area contributed by atoms with Crippen molar-refractivity contribution < 1.29 is 9.13 Å². The second-order valence-corrected chi connectivity index (χ2v) is 5.38. The molecule has 19 heavy (non-hydrogen) atoms. The maximum absolute atomic E-state index is 13.2. The van der Waals surface area contributed by atoms with Crippen LogP contribution < -0.4 is 5.32 Å². The number of hydrogen-bond donors (Lipinski definition) is 1. The van der Waals surface area contributed by atoms with Crippen molar-refractivity contribution in [2.24, 2.45) is 5.92 Å². The van der Waals surface area contributed by atoms with E-state index in [-0.39, 0.29) is 5.82 Å². The second-order valence-electron chi connectivity index (χ2n) is 5.38. The molecule has 106 valence electrons. The van der Waals surface area contributed by atoms with Gasteiger partial charge in [0.2, 0.25) is 0 Å². The van der Waals surface area contributed by atoms with Crippen LogP contribution in [-0.4, -0.2) is 25.8 Å². The molecule has 0 aliphatic carbocycles. The minimum absolute atomic E-state index is 0.140. The van der Waals surface area contributed by atoms with Crippen LogP contribution >= 0.6 is 0 Å². The van der Waals surface area contributed by atoms with Gasteiger partial charge in [-0.25, -0.2) is 4.39 Å². The van der Waals surface area contributed by atoms with E-state index in [2.05, 4.69) is 12.2 Å². The van der Waals surface area contributed by atoms with Crippen molar-refractivity contribution in [1.29, 1.82) is 0 Å². The lowest BCUT2D eigenvalue weighted by Gasteiger charge is -2.27. The molecular weight excluding hydrogens is 241 g/mol. The van der Waals surface area contributed by atoms with E-state index in [1.807, 2.05) is 6.07 Å². The van der Waals surface area contributed by atoms with Gasteiger partial charge in [-0.3, -0.25) is 0 Å². The summed E-state index contributed by atoms with van der Waals surface area (Å²) in [4.78, 5) is 0. The number of halogens is 1. The number of ether oxygens (including phenoxy) is 1. The van der Waals surface area contributed by atoms with E-state index in [0.717, 1.165) is 56.9 Å². The van der Waals surface area contributed by atoms with Gasteiger partial charge in [0, 0.05) is 19.3 Å². The molecule has 1 atom stereocenters. The van der Waals surface area contributed by atoms with E-state index >= 15 is 0 Å². The fraction of sp³-hybridized carbons (Fsp3) is 0.625. The molecule has 0 aromatic heterocycles. The van der Waals surface area contributed by atoms with Crippen molar-refractivity contribution in [1.82, 2.24) is 5.32 Å². The van der Waals surface area contributed by atoms with Crippen LogP contribution in [0.25, 0.3) is 0 Å². The first-order valence-electron chi connectivity index (χ1n) is 7.33. The highest BCUT2D eigenvalue weighted by atomic mass is 19.1. The van der Waals surface area contributed by atoms with Gasteiger partial charge >= 0.3 is 0 Å². The Morgan fingerprint density at radius 2 is 2.16 bits per heavy atom. The van der Waals surface area contributed by atoms with Gasteiger partial charge in [0.05, 0.1) is 0 Å². The summed E-state index contributed by atoms with van der Waals surface area (Å²) in [6.07, 6.45) is 4.38. The molecule has 1 aliphatic heterocycles. The number of likely N-dealkylation sites (N-methyl/N-ethyl adjacent to an activating group) is 1. The van der Waals surface area contributed by atoms with Crippen LogP contribution in [0, 0.1) is 11.7 Å². The third kappa shape index (κ3) is 4.92. The lowest BCUT2D eigenvalue weighted by Crippen LogP contribution is -2.34. The Morgan fingerprint density at radius 3 is 2.84 bits per heavy atom. The molecular formula is C16H24FNO. The van der Waals surface area contributed by atoms with Gasteiger partial charge in [-0.2, -0.15) is 0 Å². The zero-order valence-electron chi connectivity index (χ0n) is 11.7. The molecule has 2 rings (SSSR count). The summed E-state index contributed by atoms with van der Waals surface area (Å²) in [6.45, 7) is 4.87. The number of benzene rings is 1. The first-order valence-corrected chi connectivity index (χ1v) is 7.33. The Kier molecular flexibility index (Phi) is 5.80. The Hall–Kier alpha value is -0.930. The number of nitrogens with one attached hydrogen (secondary N) is 1. The van der Waals surface area contributed by atoms with Crippen molar-refractivity contribution in [2.75, 3.05) is 19.8 Å². The van der Waals surface area contributed by atoms with Crippen LogP contribution in [0.3, 0.4) is 0 Å². The summed E-state index contributed by atoms with van der Waals surface area (Å²) in [7, 11) is 0. The Balaban J connectivity index is 1.91. The predicted octanol–water partition coefficient (Wildman–Crippen LogP) is 3.16. The summed E-state index contributed by atoms with van der Waals surface area (Å²) in [6, 6.07) is 7.40. The zero-order valence-corrected chi connectivity index (χ0v) is 11.7. The summed E-state index contributed by atoms with van der Waals surface area (Å²) >= 11 is 0. The lowest BCUT2D eigenvalue weighted by molar-refractivity contribution is 0.0606. The van der Waals surface area contributed by atoms with Gasteiger partial charge in [0.15, 0.2) is 0 Å². The average Bonchev–Trinajstić information content (AvgIpc) is 2.40. The SMILES string of the molecule is CCNC(Cc1cccc(F)c1)CC1CCOCC1. The fourth-order valence-electron chi connectivity index (χ4n) is 2.86. The smallest absolute Gasteiger partial charge is 0.123 e. The highest BCUT2D eigenvalue weighted by Crippen LogP contribution is 2.21. The monoisotopic (exact) mass is 265 g/mol. The van der Waals surface area contributed by atoms with Gasteiger partial charge in [-0.1, -0.05) is 19.1 Å². The lowest BCUT2D eigenvalue weighted by atomic mass is 9.90. The second kappa shape index (κ2) is 7.61. The van der Waals surface area contributed by atoms with E-state index in [0.29, 0.717) is 6.04 Å². The van der Waals surface area contributed by atoms with Crippen LogP contribution in [-0.2, 0) is 11.2 Å². The van der Waals surface area contributed by atoms with E-state index in [1.165, 1.54) is 6.07 Å². The van der Waals surface area contributed by atoms with Crippen molar-refractivity contribution in [3.05, 3.63) is 35.6 Å². The van der Waals surface area contributed by atoms with Gasteiger partial charge in [-0.05, 0) is 55.8 Å². The Bertz CT molecular complexity index is 377. The molecule has 2 nitrogen and oxygen atoms in total. The molecule has 0 bridgehead atoms. The molecule has 1 saturated heterocycles. The average molecular weight is 265 g/mol. The first-order chi connectivity index (χ1) is 9.28. The first kappa shape index (κ1) is 14.5. The molecule has 1 unspecified atom stereocenters. The van der Waals surface area contributed by atoms with Crippen LogP contribution in [0.2, 0.25) is 0 Å². The van der Waals surface area contributed by atoms with E-state index in [4.69, 9.17) is 4.74 Å². The van der Waals surface area contributed by atoms with Crippen LogP contribution in [0.5, 0.6) is 0 Å². The van der Waals surface area contributed by atoms with Gasteiger partial charge < -0.3 is 10.1 Å². The third-order valence-electron chi connectivity index (χ3n) is 3.82. The highest BCUT2D eigenvalue weighted by molar-refractivity contribution is 5.17. The molecule has 1 aromatic carbocycles. The maximum Gasteiger partial charge on any atom is 0.123 e. The number of hydrogen-bond acceptors (Lipinski definition) is 2. The van der Waals surface area contributed by atoms with Crippen molar-refractivity contribution in [3.8, 4) is 0 Å². The molecule has 1 aliphatic rings. The fourth-order valence-corrected chi connectivity index (χ4v) is 2.86. The molecule has 1 aromatic rings. The maximum atomic E-state index is 13.2. The Labute approximate surface area is 115 Å². The Morgan fingerprint density at radius 1 is 1.37 bits per heavy atom. The minimum Gasteiger partial charge on any atom is -0.381 e. The number of rotatable bonds is 6. The summed E-state index contributed by atoms with van der Waals surface area (Å²) in [5.74, 6) is 0.602. The van der Waals surface area contributed by atoms with Crippen molar-refractivity contribution >= 4 is 0 Å². The normalized spacial score (nSPS) is 18.4. The van der Waals surface area contributed by atoms with Gasteiger partial charge in [-0.15, -0.1) is 0 Å². The van der Waals surface area contributed by atoms with Crippen LogP contribution in [0.15, 0.2) is 24.3 Å². The summed E-state index contributed by atoms with van der Waals surface area (Å²) in [5, 5.41) is 3.53. The van der Waals surface area contributed by atoms with E-state index in [9.17, 15) is 4.39 Å². The predicted molar refractivity (Wildman–Crippen MR) is 75.7 cm³/mol. The summed E-state index contributed by atoms with van der Waals surface area (Å²) < 4.78 is 18.6. The zero-order chi connectivity index (χ0) is 13.5. The summed E-state index contributed by atoms with van der Waals surface area (Å²) in [5.41, 5.74) is 1.08. The van der Waals surface area contributed by atoms with E-state index < -0.39 is 0 Å². The third-order valence-corrected chi connectivity index (χ3v) is 3.82. The minimum atomic E-state index is -0.140. The largest absolute Gasteiger partial charge is 0.381 e. The molecule has 0 spiro atoms. The van der Waals surface area contributed by atoms with Crippen LogP contribution in [0.1, 0.15) is 31.7 Å². The topological polar surface area (TPSA) is 21.3 Å². The molecule has 1 fully saturated rings. The van der Waals surface area contributed by atoms with Crippen LogP contribution in [0.4, 0.5) is 4.39 Å². The van der Waals surface area contributed by atoms with Crippen molar-refractivity contribution in [3.63, 3.8) is 0 Å². The van der Waals surface area contributed by atoms with Gasteiger partial charge in [0.25, 0.3) is 0 Å². The highest BCUT2D eigenvalue weighted by Gasteiger charge is 2.19. The molecule has 3 heteroatoms. The molecule has 1 heterocycles. The van der Waals surface area contributed by atoms with E-state index in [1.54, 1.807) is 12.1 Å². The molecule has 0 radical (unpaired) electrons. The molecule has 1 N–H and O–H groups in total. The van der Waals surface area contributed by atoms with Crippen molar-refractivity contribution in [2.45, 2.75) is 38.6 Å². The quantitative estimate of drug-likeness (QED) is 0.853. The molecule has 0 amide bonds. The standard InChI is InChI=1S/C16H24FNO/c1-2-18-16(11-13-6-8-19-9-7-13)12-14-4-3-5-15(17)10-14/h3-5,10,13,16,18H,2,6-9,11-12H2,1H3. The van der Waals surface area contributed by atoms with Gasteiger partial charge in [0.1, 0.15) is 5.82 Å². The molecule has 0 saturated carbocycles.